The van der Waals surface area contributed by atoms with Crippen molar-refractivity contribution in [2.45, 2.75) is 32.0 Å². The van der Waals surface area contributed by atoms with Gasteiger partial charge in [0, 0.05) is 33.7 Å². The predicted molar refractivity (Wildman–Crippen MR) is 192 cm³/mol. The summed E-state index contributed by atoms with van der Waals surface area (Å²) in [7, 11) is 0. The second-order valence-corrected chi connectivity index (χ2v) is 12.7. The third-order valence-corrected chi connectivity index (χ3v) is 9.68. The molecule has 0 saturated heterocycles. The molecule has 0 unspecified atom stereocenters. The number of carbonyl (C=O) groups excluding carboxylic acids is 2. The number of para-hydroxylation sites is 1. The van der Waals surface area contributed by atoms with Crippen LogP contribution in [0.2, 0.25) is 0 Å². The standard InChI is InChI=1S/C42H33N3O5/c46-40-35-33-30-19-10-11-21-32(30)43-37(33)38-34(36(35)41(47)45(40)26-48-23-27-13-4-1-5-14-27)31-20-12-22-42(39(31)44-38,49-24-28-15-6-2-7-16-28)50-25-29-17-8-3-9-18-29/h1-21,43-44H,22-26H2. The zero-order chi connectivity index (χ0) is 33.7. The molecule has 0 bridgehead atoms. The summed E-state index contributed by atoms with van der Waals surface area (Å²) in [6, 6.07) is 37.5. The Hall–Kier alpha value is -5.80. The first kappa shape index (κ1) is 30.3. The summed E-state index contributed by atoms with van der Waals surface area (Å²) in [5.41, 5.74) is 7.50. The summed E-state index contributed by atoms with van der Waals surface area (Å²) in [6.45, 7) is 0.720. The number of fused-ring (bicyclic) bond motifs is 10. The molecule has 2 amide bonds. The molecule has 7 aromatic rings. The number of hydrogen-bond acceptors (Lipinski definition) is 5. The number of nitrogens with zero attached hydrogens (tertiary/aromatic N) is 1. The van der Waals surface area contributed by atoms with Crippen LogP contribution in [0.5, 0.6) is 0 Å². The number of hydrogen-bond donors (Lipinski definition) is 2. The van der Waals surface area contributed by atoms with Crippen molar-refractivity contribution in [3.63, 3.8) is 0 Å². The highest BCUT2D eigenvalue weighted by Gasteiger charge is 2.45. The zero-order valence-electron chi connectivity index (χ0n) is 27.1. The molecule has 2 aliphatic rings. The highest BCUT2D eigenvalue weighted by molar-refractivity contribution is 6.37. The lowest BCUT2D eigenvalue weighted by atomic mass is 9.92. The maximum atomic E-state index is 14.4. The van der Waals surface area contributed by atoms with E-state index in [1.807, 2.05) is 127 Å². The molecule has 0 fully saturated rings. The lowest BCUT2D eigenvalue weighted by Gasteiger charge is -2.35. The molecule has 2 aromatic heterocycles. The average molecular weight is 660 g/mol. The van der Waals surface area contributed by atoms with Crippen LogP contribution in [0.15, 0.2) is 121 Å². The van der Waals surface area contributed by atoms with Crippen LogP contribution in [-0.2, 0) is 39.8 Å². The van der Waals surface area contributed by atoms with Crippen LogP contribution in [0.1, 0.15) is 55.1 Å². The SMILES string of the molecule is O=C1c2c(c3c4ccccc4[nH]c3c3[nH]c4c(c23)C=CCC4(OCc2ccccc2)OCc2ccccc2)C(=O)N1COCc1ccccc1. The van der Waals surface area contributed by atoms with Crippen molar-refractivity contribution in [2.24, 2.45) is 0 Å². The predicted octanol–water partition coefficient (Wildman–Crippen LogP) is 8.58. The number of ether oxygens (including phenoxy) is 3. The molecular weight excluding hydrogens is 626 g/mol. The number of rotatable bonds is 10. The fourth-order valence-corrected chi connectivity index (χ4v) is 7.29. The van der Waals surface area contributed by atoms with Crippen molar-refractivity contribution in [1.82, 2.24) is 14.9 Å². The van der Waals surface area contributed by atoms with Crippen LogP contribution in [0.4, 0.5) is 0 Å². The number of aromatic amines is 2. The smallest absolute Gasteiger partial charge is 0.264 e. The molecule has 3 heterocycles. The van der Waals surface area contributed by atoms with Crippen molar-refractivity contribution in [3.05, 3.63) is 160 Å². The zero-order valence-corrected chi connectivity index (χ0v) is 27.1. The number of nitrogens with one attached hydrogen (secondary N) is 2. The molecule has 1 aliphatic carbocycles. The highest BCUT2D eigenvalue weighted by Crippen LogP contribution is 2.48. The second-order valence-electron chi connectivity index (χ2n) is 12.7. The summed E-state index contributed by atoms with van der Waals surface area (Å²) in [5, 5.41) is 2.23. The van der Waals surface area contributed by atoms with Crippen LogP contribution in [0.3, 0.4) is 0 Å². The van der Waals surface area contributed by atoms with Crippen molar-refractivity contribution in [1.29, 1.82) is 0 Å². The Morgan fingerprint density at radius 2 is 1.16 bits per heavy atom. The van der Waals surface area contributed by atoms with E-state index in [1.54, 1.807) is 0 Å². The van der Waals surface area contributed by atoms with Crippen LogP contribution in [0, 0.1) is 0 Å². The van der Waals surface area contributed by atoms with Crippen molar-refractivity contribution in [3.8, 4) is 0 Å². The van der Waals surface area contributed by atoms with E-state index >= 15 is 0 Å². The Balaban J connectivity index is 1.21. The lowest BCUT2D eigenvalue weighted by molar-refractivity contribution is -0.260. The van der Waals surface area contributed by atoms with Crippen LogP contribution < -0.4 is 0 Å². The van der Waals surface area contributed by atoms with E-state index in [-0.39, 0.29) is 19.2 Å². The number of H-pyrrole nitrogens is 2. The minimum atomic E-state index is -1.20. The lowest BCUT2D eigenvalue weighted by Crippen LogP contribution is -2.35. The molecule has 0 atom stereocenters. The van der Waals surface area contributed by atoms with Crippen molar-refractivity contribution >= 4 is 50.6 Å². The maximum absolute atomic E-state index is 14.4. The Labute approximate surface area is 287 Å². The molecule has 2 N–H and O–H groups in total. The summed E-state index contributed by atoms with van der Waals surface area (Å²) >= 11 is 0. The number of amides is 2. The third-order valence-electron chi connectivity index (χ3n) is 9.68. The van der Waals surface area contributed by atoms with Gasteiger partial charge in [-0.25, -0.2) is 4.90 Å². The largest absolute Gasteiger partial charge is 0.356 e. The van der Waals surface area contributed by atoms with E-state index in [1.165, 1.54) is 4.90 Å². The van der Waals surface area contributed by atoms with Gasteiger partial charge >= 0.3 is 0 Å². The number of aromatic nitrogens is 2. The topological polar surface area (TPSA) is 96.7 Å². The molecule has 50 heavy (non-hydrogen) atoms. The van der Waals surface area contributed by atoms with Crippen LogP contribution in [0.25, 0.3) is 38.8 Å². The van der Waals surface area contributed by atoms with E-state index in [9.17, 15) is 9.59 Å². The molecule has 246 valence electrons. The van der Waals surface area contributed by atoms with Gasteiger partial charge in [0.15, 0.2) is 0 Å². The van der Waals surface area contributed by atoms with Gasteiger partial charge in [0.2, 0.25) is 5.79 Å². The minimum Gasteiger partial charge on any atom is -0.356 e. The Morgan fingerprint density at radius 3 is 1.80 bits per heavy atom. The monoisotopic (exact) mass is 659 g/mol. The van der Waals surface area contributed by atoms with Gasteiger partial charge in [0.05, 0.1) is 47.7 Å². The summed E-state index contributed by atoms with van der Waals surface area (Å²) in [4.78, 5) is 37.2. The number of benzene rings is 5. The summed E-state index contributed by atoms with van der Waals surface area (Å²) in [5.74, 6) is -1.97. The van der Waals surface area contributed by atoms with Gasteiger partial charge in [-0.2, -0.15) is 0 Å². The third kappa shape index (κ3) is 4.96. The molecule has 9 rings (SSSR count). The van der Waals surface area contributed by atoms with Gasteiger partial charge in [-0.15, -0.1) is 0 Å². The molecule has 8 nitrogen and oxygen atoms in total. The van der Waals surface area contributed by atoms with E-state index in [0.717, 1.165) is 44.2 Å². The normalized spacial score (nSPS) is 15.0. The maximum Gasteiger partial charge on any atom is 0.264 e. The Kier molecular flexibility index (Phi) is 7.43. The Bertz CT molecular complexity index is 2390. The first-order valence-corrected chi connectivity index (χ1v) is 16.7. The molecular formula is C42H33N3O5. The van der Waals surface area contributed by atoms with Gasteiger partial charge in [-0.1, -0.05) is 121 Å². The second kappa shape index (κ2) is 12.3. The van der Waals surface area contributed by atoms with Gasteiger partial charge in [0.1, 0.15) is 6.73 Å². The van der Waals surface area contributed by atoms with Gasteiger partial charge in [-0.05, 0) is 22.8 Å². The fourth-order valence-electron chi connectivity index (χ4n) is 7.29. The molecule has 8 heteroatoms. The molecule has 0 saturated carbocycles. The highest BCUT2D eigenvalue weighted by atomic mass is 16.7. The quantitative estimate of drug-likeness (QED) is 0.113. The summed E-state index contributed by atoms with van der Waals surface area (Å²) in [6.07, 6.45) is 4.47. The van der Waals surface area contributed by atoms with Crippen LogP contribution >= 0.6 is 0 Å². The first-order valence-electron chi connectivity index (χ1n) is 16.7. The molecule has 1 aliphatic heterocycles. The van der Waals surface area contributed by atoms with E-state index in [0.29, 0.717) is 47.2 Å². The molecule has 5 aromatic carbocycles. The van der Waals surface area contributed by atoms with Gasteiger partial charge in [-0.3, -0.25) is 9.59 Å². The molecule has 0 radical (unpaired) electrons. The van der Waals surface area contributed by atoms with Crippen molar-refractivity contribution < 1.29 is 23.8 Å². The van der Waals surface area contributed by atoms with Gasteiger partial charge < -0.3 is 24.2 Å². The molecule has 0 spiro atoms. The van der Waals surface area contributed by atoms with E-state index < -0.39 is 11.7 Å². The van der Waals surface area contributed by atoms with Gasteiger partial charge in [0.25, 0.3) is 11.8 Å². The fraction of sp³-hybridized carbons (Fsp3) is 0.143. The average Bonchev–Trinajstić information content (AvgIpc) is 3.82. The number of carbonyl (C=O) groups is 2. The summed E-state index contributed by atoms with van der Waals surface area (Å²) < 4.78 is 19.5. The van der Waals surface area contributed by atoms with E-state index in [2.05, 4.69) is 9.97 Å². The van der Waals surface area contributed by atoms with Crippen molar-refractivity contribution in [2.75, 3.05) is 6.73 Å². The Morgan fingerprint density at radius 1 is 0.620 bits per heavy atom. The number of imide groups is 1. The minimum absolute atomic E-state index is 0.167. The first-order chi connectivity index (χ1) is 24.6. The van der Waals surface area contributed by atoms with E-state index in [4.69, 9.17) is 14.2 Å². The van der Waals surface area contributed by atoms with Crippen LogP contribution in [-0.4, -0.2) is 33.4 Å².